The molecule has 0 aromatic heterocycles. The van der Waals surface area contributed by atoms with Gasteiger partial charge in [0.25, 0.3) is 0 Å². The number of amides is 1. The van der Waals surface area contributed by atoms with Gasteiger partial charge >= 0.3 is 5.97 Å². The highest BCUT2D eigenvalue weighted by molar-refractivity contribution is 5.78. The van der Waals surface area contributed by atoms with Gasteiger partial charge in [0.2, 0.25) is 5.91 Å². The van der Waals surface area contributed by atoms with Crippen molar-refractivity contribution in [2.45, 2.75) is 39.5 Å². The molecule has 0 saturated heterocycles. The van der Waals surface area contributed by atoms with Gasteiger partial charge in [0.15, 0.2) is 0 Å². The number of carbonyl (C=O) groups is 2. The van der Waals surface area contributed by atoms with Crippen LogP contribution in [0.3, 0.4) is 0 Å². The zero-order valence-electron chi connectivity index (χ0n) is 10.9. The van der Waals surface area contributed by atoms with Gasteiger partial charge in [0.1, 0.15) is 0 Å². The number of carboxylic acid groups (broad SMARTS) is 1. The van der Waals surface area contributed by atoms with Crippen LogP contribution < -0.4 is 5.32 Å². The molecule has 0 unspecified atom stereocenters. The van der Waals surface area contributed by atoms with Crippen molar-refractivity contribution in [1.29, 1.82) is 0 Å². The van der Waals surface area contributed by atoms with E-state index in [2.05, 4.69) is 12.2 Å². The number of rotatable bonds is 10. The second-order valence-electron chi connectivity index (χ2n) is 4.16. The summed E-state index contributed by atoms with van der Waals surface area (Å²) in [7, 11) is 0. The second kappa shape index (κ2) is 10.1. The number of carbonyl (C=O) groups excluding carboxylic acids is 1. The predicted molar refractivity (Wildman–Crippen MR) is 66.9 cm³/mol. The van der Waals surface area contributed by atoms with Crippen molar-refractivity contribution in [3.05, 3.63) is 0 Å². The minimum atomic E-state index is -0.891. The van der Waals surface area contributed by atoms with E-state index in [4.69, 9.17) is 5.11 Å². The minimum absolute atomic E-state index is 0.0732. The molecule has 0 atom stereocenters. The van der Waals surface area contributed by atoms with Gasteiger partial charge in [0.05, 0.1) is 13.1 Å². The average molecular weight is 244 g/mol. The highest BCUT2D eigenvalue weighted by Gasteiger charge is 2.12. The topological polar surface area (TPSA) is 69.6 Å². The first-order valence-electron chi connectivity index (χ1n) is 6.31. The van der Waals surface area contributed by atoms with Gasteiger partial charge in [-0.1, -0.05) is 26.7 Å². The summed E-state index contributed by atoms with van der Waals surface area (Å²) in [5, 5.41) is 11.5. The Labute approximate surface area is 103 Å². The van der Waals surface area contributed by atoms with Crippen LogP contribution in [0.1, 0.15) is 39.5 Å². The van der Waals surface area contributed by atoms with E-state index in [0.717, 1.165) is 25.7 Å². The third-order valence-corrected chi connectivity index (χ3v) is 2.37. The van der Waals surface area contributed by atoms with Gasteiger partial charge in [-0.15, -0.1) is 0 Å². The Morgan fingerprint density at radius 3 is 2.35 bits per heavy atom. The average Bonchev–Trinajstić information content (AvgIpc) is 2.24. The quantitative estimate of drug-likeness (QED) is 0.564. The second-order valence-corrected chi connectivity index (χ2v) is 4.16. The highest BCUT2D eigenvalue weighted by atomic mass is 16.4. The molecule has 0 aromatic carbocycles. The number of nitrogens with zero attached hydrogens (tertiary/aromatic N) is 1. The number of nitrogens with one attached hydrogen (secondary N) is 1. The lowest BCUT2D eigenvalue weighted by molar-refractivity contribution is -0.138. The van der Waals surface area contributed by atoms with E-state index in [9.17, 15) is 9.59 Å². The number of aliphatic carboxylic acids is 1. The monoisotopic (exact) mass is 244 g/mol. The first-order valence-corrected chi connectivity index (χ1v) is 6.31. The molecule has 0 aromatic rings. The van der Waals surface area contributed by atoms with Crippen molar-refractivity contribution in [3.8, 4) is 0 Å². The van der Waals surface area contributed by atoms with Gasteiger partial charge in [-0.25, -0.2) is 0 Å². The fourth-order valence-electron chi connectivity index (χ4n) is 1.58. The minimum Gasteiger partial charge on any atom is -0.480 e. The fraction of sp³-hybridized carbons (Fsp3) is 0.833. The lowest BCUT2D eigenvalue weighted by atomic mass is 10.2. The van der Waals surface area contributed by atoms with E-state index in [0.29, 0.717) is 13.1 Å². The molecule has 0 heterocycles. The van der Waals surface area contributed by atoms with Gasteiger partial charge in [-0.2, -0.15) is 0 Å². The summed E-state index contributed by atoms with van der Waals surface area (Å²) >= 11 is 0. The van der Waals surface area contributed by atoms with Crippen molar-refractivity contribution >= 4 is 11.9 Å². The molecule has 0 spiro atoms. The Kier molecular flexibility index (Phi) is 9.43. The SMILES string of the molecule is CCCCCNC(=O)CN(CCC)CC(=O)O. The van der Waals surface area contributed by atoms with Crippen LogP contribution in [0.15, 0.2) is 0 Å². The summed E-state index contributed by atoms with van der Waals surface area (Å²) in [6.07, 6.45) is 4.05. The normalized spacial score (nSPS) is 10.5. The smallest absolute Gasteiger partial charge is 0.317 e. The zero-order valence-corrected chi connectivity index (χ0v) is 10.9. The molecule has 5 nitrogen and oxygen atoms in total. The van der Waals surface area contributed by atoms with Crippen LogP contribution in [0.25, 0.3) is 0 Å². The van der Waals surface area contributed by atoms with E-state index in [-0.39, 0.29) is 19.0 Å². The van der Waals surface area contributed by atoms with Crippen LogP contribution in [-0.2, 0) is 9.59 Å². The van der Waals surface area contributed by atoms with E-state index >= 15 is 0 Å². The van der Waals surface area contributed by atoms with E-state index in [1.807, 2.05) is 6.92 Å². The van der Waals surface area contributed by atoms with Crippen molar-refractivity contribution in [2.75, 3.05) is 26.2 Å². The van der Waals surface area contributed by atoms with Crippen molar-refractivity contribution < 1.29 is 14.7 Å². The molecule has 1 amide bonds. The highest BCUT2D eigenvalue weighted by Crippen LogP contribution is 1.93. The largest absolute Gasteiger partial charge is 0.480 e. The maximum atomic E-state index is 11.5. The maximum absolute atomic E-state index is 11.5. The lowest BCUT2D eigenvalue weighted by Crippen LogP contribution is -2.40. The first kappa shape index (κ1) is 15.9. The summed E-state index contributed by atoms with van der Waals surface area (Å²) in [5.41, 5.74) is 0. The van der Waals surface area contributed by atoms with Crippen LogP contribution in [0.5, 0.6) is 0 Å². The molecule has 0 bridgehead atoms. The van der Waals surface area contributed by atoms with Gasteiger partial charge in [0, 0.05) is 6.54 Å². The number of unbranched alkanes of at least 4 members (excludes halogenated alkanes) is 2. The van der Waals surface area contributed by atoms with Crippen LogP contribution in [-0.4, -0.2) is 48.1 Å². The van der Waals surface area contributed by atoms with Gasteiger partial charge in [-0.05, 0) is 19.4 Å². The summed E-state index contributed by atoms with van der Waals surface area (Å²) in [6.45, 7) is 5.49. The van der Waals surface area contributed by atoms with Crippen LogP contribution >= 0.6 is 0 Å². The molecule has 2 N–H and O–H groups in total. The van der Waals surface area contributed by atoms with Crippen LogP contribution in [0.4, 0.5) is 0 Å². The molecule has 0 aliphatic carbocycles. The molecule has 100 valence electrons. The Morgan fingerprint density at radius 1 is 1.12 bits per heavy atom. The van der Waals surface area contributed by atoms with Crippen molar-refractivity contribution in [1.82, 2.24) is 10.2 Å². The third-order valence-electron chi connectivity index (χ3n) is 2.37. The lowest BCUT2D eigenvalue weighted by Gasteiger charge is -2.18. The molecule has 0 aliphatic rings. The molecule has 0 fully saturated rings. The summed E-state index contributed by atoms with van der Waals surface area (Å²) in [5.74, 6) is -0.979. The Morgan fingerprint density at radius 2 is 1.82 bits per heavy atom. The number of carboxylic acids is 1. The summed E-state index contributed by atoms with van der Waals surface area (Å²) in [4.78, 5) is 23.8. The molecule has 5 heteroatoms. The van der Waals surface area contributed by atoms with E-state index in [1.54, 1.807) is 4.90 Å². The number of hydrogen-bond acceptors (Lipinski definition) is 3. The van der Waals surface area contributed by atoms with Crippen molar-refractivity contribution in [2.24, 2.45) is 0 Å². The Hall–Kier alpha value is -1.10. The zero-order chi connectivity index (χ0) is 13.1. The Balaban J connectivity index is 3.82. The fourth-order valence-corrected chi connectivity index (χ4v) is 1.58. The first-order chi connectivity index (χ1) is 8.10. The summed E-state index contributed by atoms with van der Waals surface area (Å²) < 4.78 is 0. The van der Waals surface area contributed by atoms with Crippen LogP contribution in [0, 0.1) is 0 Å². The van der Waals surface area contributed by atoms with Crippen molar-refractivity contribution in [3.63, 3.8) is 0 Å². The maximum Gasteiger partial charge on any atom is 0.317 e. The summed E-state index contributed by atoms with van der Waals surface area (Å²) in [6, 6.07) is 0. The molecular formula is C12H24N2O3. The molecule has 0 radical (unpaired) electrons. The molecule has 0 rings (SSSR count). The van der Waals surface area contributed by atoms with E-state index in [1.165, 1.54) is 0 Å². The molecule has 0 saturated carbocycles. The van der Waals surface area contributed by atoms with E-state index < -0.39 is 5.97 Å². The van der Waals surface area contributed by atoms with Crippen LogP contribution in [0.2, 0.25) is 0 Å². The van der Waals surface area contributed by atoms with Gasteiger partial charge in [-0.3, -0.25) is 14.5 Å². The molecular weight excluding hydrogens is 220 g/mol. The number of hydrogen-bond donors (Lipinski definition) is 2. The predicted octanol–water partition coefficient (Wildman–Crippen LogP) is 1.09. The molecule has 17 heavy (non-hydrogen) atoms. The Bertz CT molecular complexity index is 232. The molecule has 0 aliphatic heterocycles. The standard InChI is InChI=1S/C12H24N2O3/c1-3-5-6-7-13-11(15)9-14(8-4-2)10-12(16)17/h3-10H2,1-2H3,(H,13,15)(H,16,17). The third kappa shape index (κ3) is 9.81. The van der Waals surface area contributed by atoms with Gasteiger partial charge < -0.3 is 10.4 Å².